The van der Waals surface area contributed by atoms with Crippen LogP contribution in [0.15, 0.2) is 36.4 Å². The Bertz CT molecular complexity index is 916. The lowest BCUT2D eigenvalue weighted by atomic mass is 10.2. The number of halogens is 2. The first-order valence-electron chi connectivity index (χ1n) is 8.72. The second-order valence-electron chi connectivity index (χ2n) is 6.25. The Morgan fingerprint density at radius 2 is 1.66 bits per heavy atom. The molecular weight excluding hydrogens is 419 g/mol. The maximum atomic E-state index is 12.3. The fourth-order valence-corrected chi connectivity index (χ4v) is 3.06. The molecule has 29 heavy (non-hydrogen) atoms. The van der Waals surface area contributed by atoms with Crippen LogP contribution in [0.4, 0.5) is 17.1 Å². The Labute approximate surface area is 177 Å². The van der Waals surface area contributed by atoms with Crippen LogP contribution >= 0.6 is 23.2 Å². The number of nitrogens with one attached hydrogen (secondary N) is 2. The van der Waals surface area contributed by atoms with Crippen LogP contribution in [0.5, 0.6) is 0 Å². The van der Waals surface area contributed by atoms with E-state index in [0.717, 1.165) is 0 Å². The summed E-state index contributed by atoms with van der Waals surface area (Å²) in [5.41, 5.74) is 1.05. The highest BCUT2D eigenvalue weighted by atomic mass is 35.5. The second kappa shape index (κ2) is 10.2. The number of amides is 2. The molecule has 0 saturated heterocycles. The molecule has 2 aromatic rings. The summed E-state index contributed by atoms with van der Waals surface area (Å²) < 4.78 is 0. The number of para-hydroxylation sites is 1. The molecule has 2 aromatic carbocycles. The third-order valence-electron chi connectivity index (χ3n) is 4.10. The van der Waals surface area contributed by atoms with Gasteiger partial charge in [0.1, 0.15) is 0 Å². The van der Waals surface area contributed by atoms with Gasteiger partial charge in [0.15, 0.2) is 0 Å². The Balaban J connectivity index is 1.97. The molecule has 0 aliphatic heterocycles. The van der Waals surface area contributed by atoms with E-state index in [1.807, 2.05) is 0 Å². The normalized spacial score (nSPS) is 10.7. The lowest BCUT2D eigenvalue weighted by Gasteiger charge is -2.20. The zero-order valence-corrected chi connectivity index (χ0v) is 17.4. The summed E-state index contributed by atoms with van der Waals surface area (Å²) in [7, 11) is 0. The van der Waals surface area contributed by atoms with Crippen molar-refractivity contribution in [2.24, 2.45) is 0 Å². The Kier molecular flexibility index (Phi) is 7.95. The van der Waals surface area contributed by atoms with Crippen molar-refractivity contribution in [2.45, 2.75) is 13.8 Å². The summed E-state index contributed by atoms with van der Waals surface area (Å²) in [6.07, 6.45) is 0. The van der Waals surface area contributed by atoms with Gasteiger partial charge in [-0.3, -0.25) is 24.6 Å². The minimum atomic E-state index is -0.506. The summed E-state index contributed by atoms with van der Waals surface area (Å²) in [4.78, 5) is 36.7. The fourth-order valence-electron chi connectivity index (χ4n) is 2.57. The van der Waals surface area contributed by atoms with Gasteiger partial charge in [0.05, 0.1) is 33.7 Å². The van der Waals surface area contributed by atoms with Gasteiger partial charge in [0, 0.05) is 17.3 Å². The molecule has 0 bridgehead atoms. The minimum absolute atomic E-state index is 0.0560. The average molecular weight is 439 g/mol. The monoisotopic (exact) mass is 438 g/mol. The van der Waals surface area contributed by atoms with Crippen molar-refractivity contribution in [3.63, 3.8) is 0 Å². The molecule has 2 rings (SSSR count). The van der Waals surface area contributed by atoms with Crippen molar-refractivity contribution >= 4 is 52.1 Å². The molecule has 0 heterocycles. The highest BCUT2D eigenvalue weighted by Gasteiger charge is 2.17. The number of benzene rings is 2. The molecule has 0 radical (unpaired) electrons. The van der Waals surface area contributed by atoms with Gasteiger partial charge in [-0.25, -0.2) is 0 Å². The topological polar surface area (TPSA) is 105 Å². The SMILES string of the molecule is CCN(CC(=O)Nc1ccc(C)c([N+](=O)[O-])c1)CC(=O)Nc1c(Cl)cccc1Cl. The maximum Gasteiger partial charge on any atom is 0.274 e. The zero-order chi connectivity index (χ0) is 21.6. The number of carbonyl (C=O) groups is 2. The predicted molar refractivity (Wildman–Crippen MR) is 114 cm³/mol. The van der Waals surface area contributed by atoms with Gasteiger partial charge in [-0.2, -0.15) is 0 Å². The van der Waals surface area contributed by atoms with Gasteiger partial charge in [-0.1, -0.05) is 42.3 Å². The molecule has 0 aliphatic rings. The molecule has 0 atom stereocenters. The molecular formula is C19H20Cl2N4O4. The molecule has 0 fully saturated rings. The molecule has 2 amide bonds. The second-order valence-corrected chi connectivity index (χ2v) is 7.07. The zero-order valence-electron chi connectivity index (χ0n) is 15.9. The van der Waals surface area contributed by atoms with Crippen LogP contribution in [-0.2, 0) is 9.59 Å². The number of rotatable bonds is 8. The van der Waals surface area contributed by atoms with Crippen LogP contribution in [0, 0.1) is 17.0 Å². The number of nitro benzene ring substituents is 1. The van der Waals surface area contributed by atoms with Crippen LogP contribution < -0.4 is 10.6 Å². The smallest absolute Gasteiger partial charge is 0.274 e. The molecule has 2 N–H and O–H groups in total. The van der Waals surface area contributed by atoms with E-state index in [0.29, 0.717) is 33.5 Å². The number of aryl methyl sites for hydroxylation is 1. The van der Waals surface area contributed by atoms with E-state index in [2.05, 4.69) is 10.6 Å². The third kappa shape index (κ3) is 6.42. The van der Waals surface area contributed by atoms with Gasteiger partial charge in [0.25, 0.3) is 5.69 Å². The summed E-state index contributed by atoms with van der Waals surface area (Å²) in [5, 5.41) is 16.9. The van der Waals surface area contributed by atoms with Gasteiger partial charge < -0.3 is 10.6 Å². The van der Waals surface area contributed by atoms with Crippen LogP contribution in [-0.4, -0.2) is 41.3 Å². The van der Waals surface area contributed by atoms with Crippen LogP contribution in [0.1, 0.15) is 12.5 Å². The summed E-state index contributed by atoms with van der Waals surface area (Å²) in [6, 6.07) is 9.33. The van der Waals surface area contributed by atoms with E-state index in [1.54, 1.807) is 49.1 Å². The first kappa shape index (κ1) is 22.6. The van der Waals surface area contributed by atoms with E-state index in [-0.39, 0.29) is 24.7 Å². The van der Waals surface area contributed by atoms with E-state index >= 15 is 0 Å². The van der Waals surface area contributed by atoms with Crippen LogP contribution in [0.25, 0.3) is 0 Å². The third-order valence-corrected chi connectivity index (χ3v) is 4.73. The van der Waals surface area contributed by atoms with Gasteiger partial charge in [0.2, 0.25) is 11.8 Å². The minimum Gasteiger partial charge on any atom is -0.325 e. The van der Waals surface area contributed by atoms with E-state index in [1.165, 1.54) is 6.07 Å². The molecule has 8 nitrogen and oxygen atoms in total. The molecule has 0 unspecified atom stereocenters. The van der Waals surface area contributed by atoms with E-state index in [4.69, 9.17) is 23.2 Å². The largest absolute Gasteiger partial charge is 0.325 e. The Morgan fingerprint density at radius 1 is 1.07 bits per heavy atom. The van der Waals surface area contributed by atoms with Crippen molar-refractivity contribution < 1.29 is 14.5 Å². The summed E-state index contributed by atoms with van der Waals surface area (Å²) in [5.74, 6) is -0.769. The van der Waals surface area contributed by atoms with Gasteiger partial charge in [-0.05, 0) is 31.7 Å². The maximum absolute atomic E-state index is 12.3. The van der Waals surface area contributed by atoms with Gasteiger partial charge >= 0.3 is 0 Å². The van der Waals surface area contributed by atoms with Crippen molar-refractivity contribution in [3.8, 4) is 0 Å². The molecule has 154 valence electrons. The molecule has 0 aromatic heterocycles. The number of nitrogens with zero attached hydrogens (tertiary/aromatic N) is 2. The van der Waals surface area contributed by atoms with Crippen LogP contribution in [0.2, 0.25) is 10.0 Å². The van der Waals surface area contributed by atoms with Gasteiger partial charge in [-0.15, -0.1) is 0 Å². The van der Waals surface area contributed by atoms with Crippen LogP contribution in [0.3, 0.4) is 0 Å². The molecule has 0 spiro atoms. The molecule has 0 aliphatic carbocycles. The molecule has 0 saturated carbocycles. The highest BCUT2D eigenvalue weighted by Crippen LogP contribution is 2.29. The first-order chi connectivity index (χ1) is 13.7. The summed E-state index contributed by atoms with van der Waals surface area (Å²) >= 11 is 12.1. The Hall–Kier alpha value is -2.68. The fraction of sp³-hybridized carbons (Fsp3) is 0.263. The predicted octanol–water partition coefficient (Wildman–Crippen LogP) is 4.11. The first-order valence-corrected chi connectivity index (χ1v) is 9.48. The number of carbonyl (C=O) groups excluding carboxylic acids is 2. The van der Waals surface area contributed by atoms with Crippen molar-refractivity contribution in [1.29, 1.82) is 0 Å². The molecule has 10 heteroatoms. The Morgan fingerprint density at radius 3 is 2.21 bits per heavy atom. The highest BCUT2D eigenvalue weighted by molar-refractivity contribution is 6.39. The van der Waals surface area contributed by atoms with Crippen molar-refractivity contribution in [1.82, 2.24) is 4.90 Å². The van der Waals surface area contributed by atoms with E-state index in [9.17, 15) is 19.7 Å². The number of nitro groups is 1. The number of hydrogen-bond acceptors (Lipinski definition) is 5. The lowest BCUT2D eigenvalue weighted by Crippen LogP contribution is -2.38. The van der Waals surface area contributed by atoms with Crippen molar-refractivity contribution in [2.75, 3.05) is 30.3 Å². The quantitative estimate of drug-likeness (QED) is 0.476. The standard InChI is InChI=1S/C19H20Cl2N4O4/c1-3-24(11-18(27)23-19-14(20)5-4-6-15(19)21)10-17(26)22-13-8-7-12(2)16(9-13)25(28)29/h4-9H,3,10-11H2,1-2H3,(H,22,26)(H,23,27). The van der Waals surface area contributed by atoms with Crippen molar-refractivity contribution in [3.05, 3.63) is 62.1 Å². The number of anilines is 2. The average Bonchev–Trinajstić information content (AvgIpc) is 2.65. The van der Waals surface area contributed by atoms with E-state index < -0.39 is 10.8 Å². The number of hydrogen-bond donors (Lipinski definition) is 2. The lowest BCUT2D eigenvalue weighted by molar-refractivity contribution is -0.385. The number of likely N-dealkylation sites (N-methyl/N-ethyl adjacent to an activating group) is 1. The summed E-state index contributed by atoms with van der Waals surface area (Å²) in [6.45, 7) is 3.73.